The molecule has 0 aliphatic heterocycles. The minimum atomic E-state index is 0.826. The highest BCUT2D eigenvalue weighted by molar-refractivity contribution is 5.68. The average Bonchev–Trinajstić information content (AvgIpc) is 3.09. The lowest BCUT2D eigenvalue weighted by Crippen LogP contribution is -1.99. The van der Waals surface area contributed by atoms with Crippen molar-refractivity contribution in [3.05, 3.63) is 96.6 Å². The minimum absolute atomic E-state index is 0.826. The maximum atomic E-state index is 4.78. The molecule has 3 nitrogen and oxygen atoms in total. The van der Waals surface area contributed by atoms with E-state index in [1.807, 2.05) is 41.1 Å². The van der Waals surface area contributed by atoms with Gasteiger partial charge in [-0.15, -0.1) is 5.10 Å². The molecule has 1 N–H and O–H groups in total. The fraction of sp³-hybridized carbons (Fsp3) is 0.0455. The van der Waals surface area contributed by atoms with Gasteiger partial charge in [-0.25, -0.2) is 4.68 Å². The largest absolute Gasteiger partial charge is 0.339 e. The van der Waals surface area contributed by atoms with Crippen LogP contribution in [-0.2, 0) is 0 Å². The van der Waals surface area contributed by atoms with Gasteiger partial charge in [-0.05, 0) is 31.2 Å². The lowest BCUT2D eigenvalue weighted by Gasteiger charge is -2.07. The van der Waals surface area contributed by atoms with Gasteiger partial charge in [0.05, 0.1) is 11.4 Å². The lowest BCUT2D eigenvalue weighted by molar-refractivity contribution is 0.892. The molecule has 25 heavy (non-hydrogen) atoms. The third-order valence-corrected chi connectivity index (χ3v) is 4.10. The maximum absolute atomic E-state index is 4.78. The number of para-hydroxylation sites is 1. The molecule has 3 heteroatoms. The van der Waals surface area contributed by atoms with Crippen LogP contribution in [0, 0.1) is 6.92 Å². The molecular weight excluding hydrogens is 306 g/mol. The predicted octanol–water partition coefficient (Wildman–Crippen LogP) is 5.59. The fourth-order valence-corrected chi connectivity index (χ4v) is 2.81. The Morgan fingerprint density at radius 3 is 2.08 bits per heavy atom. The van der Waals surface area contributed by atoms with E-state index in [1.165, 1.54) is 5.56 Å². The number of nitrogens with zero attached hydrogens (tertiary/aromatic N) is 2. The van der Waals surface area contributed by atoms with Crippen LogP contribution < -0.4 is 5.32 Å². The highest BCUT2D eigenvalue weighted by Crippen LogP contribution is 2.27. The zero-order chi connectivity index (χ0) is 17.1. The van der Waals surface area contributed by atoms with Crippen LogP contribution >= 0.6 is 0 Å². The van der Waals surface area contributed by atoms with Gasteiger partial charge in [0.1, 0.15) is 0 Å². The van der Waals surface area contributed by atoms with Crippen molar-refractivity contribution >= 4 is 11.5 Å². The molecule has 4 rings (SSSR count). The van der Waals surface area contributed by atoms with E-state index in [2.05, 4.69) is 66.8 Å². The standard InChI is InChI=1S/C22H19N3/c1-17-12-14-19(15-13-17)23-22-16-21(18-8-4-2-5-9-18)25(24-22)20-10-6-3-7-11-20/h2-16H,1H3,(H,23,24). The van der Waals surface area contributed by atoms with Crippen molar-refractivity contribution in [1.29, 1.82) is 0 Å². The van der Waals surface area contributed by atoms with Crippen molar-refractivity contribution in [2.45, 2.75) is 6.92 Å². The number of benzene rings is 3. The smallest absolute Gasteiger partial charge is 0.153 e. The molecule has 3 aromatic carbocycles. The SMILES string of the molecule is Cc1ccc(Nc2cc(-c3ccccc3)n(-c3ccccc3)n2)cc1. The fourth-order valence-electron chi connectivity index (χ4n) is 2.81. The summed E-state index contributed by atoms with van der Waals surface area (Å²) in [6.07, 6.45) is 0. The minimum Gasteiger partial charge on any atom is -0.339 e. The monoisotopic (exact) mass is 325 g/mol. The summed E-state index contributed by atoms with van der Waals surface area (Å²) in [7, 11) is 0. The Kier molecular flexibility index (Phi) is 4.05. The number of rotatable bonds is 4. The van der Waals surface area contributed by atoms with E-state index in [-0.39, 0.29) is 0 Å². The van der Waals surface area contributed by atoms with Gasteiger partial charge in [-0.1, -0.05) is 66.2 Å². The molecule has 0 aliphatic rings. The molecule has 4 aromatic rings. The van der Waals surface area contributed by atoms with Crippen LogP contribution in [0.3, 0.4) is 0 Å². The van der Waals surface area contributed by atoms with Crippen LogP contribution in [0.1, 0.15) is 5.56 Å². The molecule has 0 amide bonds. The molecule has 0 radical (unpaired) electrons. The zero-order valence-corrected chi connectivity index (χ0v) is 14.1. The van der Waals surface area contributed by atoms with Crippen molar-refractivity contribution in [2.75, 3.05) is 5.32 Å². The third-order valence-electron chi connectivity index (χ3n) is 4.10. The topological polar surface area (TPSA) is 29.9 Å². The van der Waals surface area contributed by atoms with E-state index in [0.29, 0.717) is 0 Å². The van der Waals surface area contributed by atoms with Crippen LogP contribution in [0.4, 0.5) is 11.5 Å². The van der Waals surface area contributed by atoms with Gasteiger partial charge in [-0.3, -0.25) is 0 Å². The Labute approximate surface area is 147 Å². The van der Waals surface area contributed by atoms with Crippen LogP contribution in [0.25, 0.3) is 16.9 Å². The highest BCUT2D eigenvalue weighted by atomic mass is 15.3. The summed E-state index contributed by atoms with van der Waals surface area (Å²) in [5.41, 5.74) is 5.50. The van der Waals surface area contributed by atoms with E-state index in [4.69, 9.17) is 5.10 Å². The molecule has 0 fully saturated rings. The predicted molar refractivity (Wildman–Crippen MR) is 103 cm³/mol. The summed E-state index contributed by atoms with van der Waals surface area (Å²) in [6.45, 7) is 2.08. The second-order valence-corrected chi connectivity index (χ2v) is 6.02. The number of aryl methyl sites for hydroxylation is 1. The van der Waals surface area contributed by atoms with Crippen LogP contribution in [0.15, 0.2) is 91.0 Å². The Balaban J connectivity index is 1.77. The molecule has 0 atom stereocenters. The average molecular weight is 325 g/mol. The summed E-state index contributed by atoms with van der Waals surface area (Å²) >= 11 is 0. The quantitative estimate of drug-likeness (QED) is 0.530. The second-order valence-electron chi connectivity index (χ2n) is 6.02. The molecule has 0 spiro atoms. The first kappa shape index (κ1) is 15.2. The summed E-state index contributed by atoms with van der Waals surface area (Å²) in [4.78, 5) is 0. The van der Waals surface area contributed by atoms with Gasteiger partial charge in [-0.2, -0.15) is 0 Å². The van der Waals surface area contributed by atoms with Gasteiger partial charge in [0, 0.05) is 17.3 Å². The van der Waals surface area contributed by atoms with Gasteiger partial charge < -0.3 is 5.32 Å². The Bertz CT molecular complexity index is 898. The van der Waals surface area contributed by atoms with E-state index >= 15 is 0 Å². The number of hydrogen-bond acceptors (Lipinski definition) is 2. The van der Waals surface area contributed by atoms with Crippen LogP contribution in [0.2, 0.25) is 0 Å². The van der Waals surface area contributed by atoms with Crippen molar-refractivity contribution in [2.24, 2.45) is 0 Å². The third kappa shape index (κ3) is 3.31. The lowest BCUT2D eigenvalue weighted by atomic mass is 10.1. The first-order valence-electron chi connectivity index (χ1n) is 8.34. The Morgan fingerprint density at radius 2 is 1.40 bits per heavy atom. The van der Waals surface area contributed by atoms with Gasteiger partial charge in [0.25, 0.3) is 0 Å². The molecule has 0 saturated heterocycles. The number of nitrogens with one attached hydrogen (secondary N) is 1. The molecular formula is C22H19N3. The summed E-state index contributed by atoms with van der Waals surface area (Å²) in [6, 6.07) is 30.9. The first-order valence-corrected chi connectivity index (χ1v) is 8.34. The number of hydrogen-bond donors (Lipinski definition) is 1. The van der Waals surface area contributed by atoms with Gasteiger partial charge in [0.15, 0.2) is 5.82 Å². The first-order chi connectivity index (χ1) is 12.3. The normalized spacial score (nSPS) is 10.6. The molecule has 1 heterocycles. The highest BCUT2D eigenvalue weighted by Gasteiger charge is 2.11. The molecule has 0 saturated carbocycles. The molecule has 0 unspecified atom stereocenters. The van der Waals surface area contributed by atoms with Gasteiger partial charge in [0.2, 0.25) is 0 Å². The zero-order valence-electron chi connectivity index (χ0n) is 14.1. The Hall–Kier alpha value is -3.33. The van der Waals surface area contributed by atoms with Crippen LogP contribution in [-0.4, -0.2) is 9.78 Å². The van der Waals surface area contributed by atoms with Gasteiger partial charge >= 0.3 is 0 Å². The van der Waals surface area contributed by atoms with Crippen LogP contribution in [0.5, 0.6) is 0 Å². The van der Waals surface area contributed by atoms with Crippen molar-refractivity contribution in [3.63, 3.8) is 0 Å². The molecule has 0 aliphatic carbocycles. The maximum Gasteiger partial charge on any atom is 0.153 e. The molecule has 0 bridgehead atoms. The molecule has 122 valence electrons. The van der Waals surface area contributed by atoms with E-state index < -0.39 is 0 Å². The number of anilines is 2. The van der Waals surface area contributed by atoms with E-state index in [1.54, 1.807) is 0 Å². The second kappa shape index (κ2) is 6.65. The summed E-state index contributed by atoms with van der Waals surface area (Å²) < 4.78 is 1.98. The van der Waals surface area contributed by atoms with E-state index in [0.717, 1.165) is 28.5 Å². The summed E-state index contributed by atoms with van der Waals surface area (Å²) in [5, 5.41) is 8.18. The molecule has 1 aromatic heterocycles. The number of aromatic nitrogens is 2. The van der Waals surface area contributed by atoms with Crippen molar-refractivity contribution in [1.82, 2.24) is 9.78 Å². The van der Waals surface area contributed by atoms with E-state index in [9.17, 15) is 0 Å². The summed E-state index contributed by atoms with van der Waals surface area (Å²) in [5.74, 6) is 0.826. The Morgan fingerprint density at radius 1 is 0.760 bits per heavy atom. The van der Waals surface area contributed by atoms with Crippen molar-refractivity contribution < 1.29 is 0 Å². The van der Waals surface area contributed by atoms with Crippen molar-refractivity contribution in [3.8, 4) is 16.9 Å².